The molecule has 3 rings (SSSR count). The lowest BCUT2D eigenvalue weighted by molar-refractivity contribution is 0.417. The Balaban J connectivity index is 2.05. The molecule has 0 aromatic carbocycles. The largest absolute Gasteiger partial charge is 0.369 e. The number of pyridine rings is 1. The van der Waals surface area contributed by atoms with E-state index in [9.17, 15) is 0 Å². The summed E-state index contributed by atoms with van der Waals surface area (Å²) in [5.41, 5.74) is 8.22. The summed E-state index contributed by atoms with van der Waals surface area (Å²) in [5, 5.41) is 0. The Morgan fingerprint density at radius 1 is 1.50 bits per heavy atom. The fourth-order valence-corrected chi connectivity index (χ4v) is 2.27. The number of nitrogen functional groups attached to an aromatic ring is 1. The Hall–Kier alpha value is -1.58. The fraction of sp³-hybridized carbons (Fsp3) is 0.500. The first-order chi connectivity index (χ1) is 7.74. The second kappa shape index (κ2) is 3.20. The van der Waals surface area contributed by atoms with Crippen LogP contribution in [-0.4, -0.2) is 14.5 Å². The van der Waals surface area contributed by atoms with Gasteiger partial charge in [0.2, 0.25) is 5.95 Å². The van der Waals surface area contributed by atoms with Gasteiger partial charge in [0.05, 0.1) is 0 Å². The lowest BCUT2D eigenvalue weighted by Gasteiger charge is -2.14. The number of nitrogens with two attached hydrogens (primary N) is 1. The summed E-state index contributed by atoms with van der Waals surface area (Å²) >= 11 is 0. The quantitative estimate of drug-likeness (QED) is 0.855. The van der Waals surface area contributed by atoms with Crippen LogP contribution in [0.3, 0.4) is 0 Å². The molecular weight excluding hydrogens is 200 g/mol. The van der Waals surface area contributed by atoms with Gasteiger partial charge in [-0.05, 0) is 36.8 Å². The van der Waals surface area contributed by atoms with Crippen LogP contribution >= 0.6 is 0 Å². The van der Waals surface area contributed by atoms with Crippen LogP contribution in [0.25, 0.3) is 11.2 Å². The number of hydrogen-bond acceptors (Lipinski definition) is 3. The van der Waals surface area contributed by atoms with E-state index < -0.39 is 0 Å². The fourth-order valence-electron chi connectivity index (χ4n) is 2.27. The zero-order chi connectivity index (χ0) is 11.2. The van der Waals surface area contributed by atoms with E-state index in [1.165, 1.54) is 19.3 Å². The molecule has 0 bridgehead atoms. The zero-order valence-corrected chi connectivity index (χ0v) is 9.48. The van der Waals surface area contributed by atoms with Crippen molar-refractivity contribution in [3.63, 3.8) is 0 Å². The molecule has 2 aromatic heterocycles. The second-order valence-corrected chi connectivity index (χ2v) is 4.76. The Morgan fingerprint density at radius 2 is 2.31 bits per heavy atom. The number of rotatable bonds is 3. The smallest absolute Gasteiger partial charge is 0.202 e. The molecule has 0 saturated heterocycles. The van der Waals surface area contributed by atoms with E-state index >= 15 is 0 Å². The van der Waals surface area contributed by atoms with E-state index in [4.69, 9.17) is 5.73 Å². The van der Waals surface area contributed by atoms with Crippen LogP contribution in [0, 0.1) is 5.41 Å². The van der Waals surface area contributed by atoms with Crippen LogP contribution in [0.15, 0.2) is 18.3 Å². The third-order valence-electron chi connectivity index (χ3n) is 3.73. The van der Waals surface area contributed by atoms with Gasteiger partial charge in [0, 0.05) is 12.7 Å². The molecule has 2 aromatic rings. The molecule has 1 aliphatic carbocycles. The van der Waals surface area contributed by atoms with Gasteiger partial charge >= 0.3 is 0 Å². The predicted octanol–water partition coefficient (Wildman–Crippen LogP) is 2.20. The van der Waals surface area contributed by atoms with Crippen LogP contribution < -0.4 is 5.73 Å². The molecule has 0 amide bonds. The van der Waals surface area contributed by atoms with Crippen LogP contribution in [0.5, 0.6) is 0 Å². The lowest BCUT2D eigenvalue weighted by Crippen LogP contribution is -2.13. The molecule has 1 aliphatic rings. The summed E-state index contributed by atoms with van der Waals surface area (Å²) in [6, 6.07) is 3.85. The van der Waals surface area contributed by atoms with Crippen molar-refractivity contribution in [2.75, 3.05) is 5.73 Å². The van der Waals surface area contributed by atoms with Crippen molar-refractivity contribution in [2.24, 2.45) is 5.41 Å². The van der Waals surface area contributed by atoms with E-state index in [2.05, 4.69) is 21.5 Å². The summed E-state index contributed by atoms with van der Waals surface area (Å²) in [6.45, 7) is 3.21. The van der Waals surface area contributed by atoms with Crippen LogP contribution in [-0.2, 0) is 6.54 Å². The molecule has 2 N–H and O–H groups in total. The predicted molar refractivity (Wildman–Crippen MR) is 63.9 cm³/mol. The van der Waals surface area contributed by atoms with Crippen LogP contribution in [0.2, 0.25) is 0 Å². The van der Waals surface area contributed by atoms with E-state index in [0.29, 0.717) is 11.4 Å². The molecule has 1 saturated carbocycles. The Morgan fingerprint density at radius 3 is 3.00 bits per heavy atom. The van der Waals surface area contributed by atoms with Crippen LogP contribution in [0.4, 0.5) is 5.95 Å². The van der Waals surface area contributed by atoms with Gasteiger partial charge in [-0.1, -0.05) is 6.92 Å². The number of aromatic nitrogens is 3. The Labute approximate surface area is 94.5 Å². The van der Waals surface area contributed by atoms with Crippen LogP contribution in [0.1, 0.15) is 26.2 Å². The molecule has 0 aliphatic heterocycles. The Bertz CT molecular complexity index is 525. The Kier molecular flexibility index (Phi) is 1.93. The monoisotopic (exact) mass is 216 g/mol. The van der Waals surface area contributed by atoms with Gasteiger partial charge in [-0.2, -0.15) is 0 Å². The minimum absolute atomic E-state index is 0.458. The van der Waals surface area contributed by atoms with Gasteiger partial charge in [-0.15, -0.1) is 0 Å². The summed E-state index contributed by atoms with van der Waals surface area (Å²) in [7, 11) is 0. The lowest BCUT2D eigenvalue weighted by atomic mass is 10.0. The van der Waals surface area contributed by atoms with E-state index in [1.807, 2.05) is 12.1 Å². The van der Waals surface area contributed by atoms with Gasteiger partial charge in [-0.3, -0.25) is 4.57 Å². The highest BCUT2D eigenvalue weighted by molar-refractivity contribution is 5.73. The highest BCUT2D eigenvalue weighted by atomic mass is 15.2. The molecule has 4 heteroatoms. The van der Waals surface area contributed by atoms with E-state index in [-0.39, 0.29) is 0 Å². The number of imidazole rings is 1. The molecule has 16 heavy (non-hydrogen) atoms. The maximum Gasteiger partial charge on any atom is 0.202 e. The summed E-state index contributed by atoms with van der Waals surface area (Å²) < 4.78 is 2.06. The third-order valence-corrected chi connectivity index (χ3v) is 3.73. The SMILES string of the molecule is CCC1(Cn2c(N)nc3cccnc32)CC1. The number of anilines is 1. The van der Waals surface area contributed by atoms with Crippen molar-refractivity contribution in [3.05, 3.63) is 18.3 Å². The highest BCUT2D eigenvalue weighted by Crippen LogP contribution is 2.50. The molecule has 2 heterocycles. The normalized spacial score (nSPS) is 17.8. The van der Waals surface area contributed by atoms with Crippen molar-refractivity contribution >= 4 is 17.1 Å². The second-order valence-electron chi connectivity index (χ2n) is 4.76. The third kappa shape index (κ3) is 1.37. The average Bonchev–Trinajstić information content (AvgIpc) is 3.01. The first kappa shape index (κ1) is 9.63. The summed E-state index contributed by atoms with van der Waals surface area (Å²) in [6.07, 6.45) is 5.61. The zero-order valence-electron chi connectivity index (χ0n) is 9.48. The summed E-state index contributed by atoms with van der Waals surface area (Å²) in [4.78, 5) is 8.71. The van der Waals surface area contributed by atoms with Gasteiger partial charge in [0.15, 0.2) is 5.65 Å². The maximum absolute atomic E-state index is 5.95. The first-order valence-electron chi connectivity index (χ1n) is 5.81. The molecule has 0 atom stereocenters. The molecule has 4 nitrogen and oxygen atoms in total. The average molecular weight is 216 g/mol. The molecular formula is C12H16N4. The topological polar surface area (TPSA) is 56.7 Å². The van der Waals surface area contributed by atoms with Crippen molar-refractivity contribution < 1.29 is 0 Å². The molecule has 0 radical (unpaired) electrons. The molecule has 0 spiro atoms. The van der Waals surface area contributed by atoms with E-state index in [0.717, 1.165) is 17.7 Å². The van der Waals surface area contributed by atoms with Crippen molar-refractivity contribution in [3.8, 4) is 0 Å². The molecule has 0 unspecified atom stereocenters. The minimum atomic E-state index is 0.458. The summed E-state index contributed by atoms with van der Waals surface area (Å²) in [5.74, 6) is 0.591. The van der Waals surface area contributed by atoms with Crippen molar-refractivity contribution in [1.82, 2.24) is 14.5 Å². The van der Waals surface area contributed by atoms with Gasteiger partial charge < -0.3 is 5.73 Å². The van der Waals surface area contributed by atoms with Crippen molar-refractivity contribution in [2.45, 2.75) is 32.7 Å². The first-order valence-corrected chi connectivity index (χ1v) is 5.81. The van der Waals surface area contributed by atoms with E-state index in [1.54, 1.807) is 6.20 Å². The van der Waals surface area contributed by atoms with Gasteiger partial charge in [0.1, 0.15) is 5.52 Å². The van der Waals surface area contributed by atoms with Crippen molar-refractivity contribution in [1.29, 1.82) is 0 Å². The highest BCUT2D eigenvalue weighted by Gasteiger charge is 2.41. The molecule has 84 valence electrons. The van der Waals surface area contributed by atoms with Gasteiger partial charge in [-0.25, -0.2) is 9.97 Å². The van der Waals surface area contributed by atoms with Gasteiger partial charge in [0.25, 0.3) is 0 Å². The number of hydrogen-bond donors (Lipinski definition) is 1. The molecule has 1 fully saturated rings. The minimum Gasteiger partial charge on any atom is -0.369 e. The number of fused-ring (bicyclic) bond motifs is 1. The maximum atomic E-state index is 5.95. The number of nitrogens with zero attached hydrogens (tertiary/aromatic N) is 3. The standard InChI is InChI=1S/C12H16N4/c1-2-12(5-6-12)8-16-10-9(15-11(16)13)4-3-7-14-10/h3-4,7H,2,5-6,8H2,1H3,(H2,13,15).